The van der Waals surface area contributed by atoms with Crippen LogP contribution in [0, 0.1) is 0 Å². The van der Waals surface area contributed by atoms with Crippen molar-refractivity contribution in [2.75, 3.05) is 5.33 Å². The van der Waals surface area contributed by atoms with Gasteiger partial charge < -0.3 is 10.3 Å². The number of alkyl halides is 1. The fraction of sp³-hybridized carbons (Fsp3) is 0.455. The first-order chi connectivity index (χ1) is 7.67. The van der Waals surface area contributed by atoms with E-state index in [2.05, 4.69) is 26.2 Å². The van der Waals surface area contributed by atoms with Crippen molar-refractivity contribution in [2.24, 2.45) is 0 Å². The van der Waals surface area contributed by atoms with E-state index >= 15 is 0 Å². The lowest BCUT2D eigenvalue weighted by atomic mass is 10.1. The van der Waals surface area contributed by atoms with Crippen molar-refractivity contribution in [1.82, 2.24) is 10.3 Å². The van der Waals surface area contributed by atoms with Crippen LogP contribution in [0.4, 0.5) is 0 Å². The van der Waals surface area contributed by atoms with E-state index in [1.54, 1.807) is 0 Å². The number of amides is 1. The minimum atomic E-state index is -0.205. The van der Waals surface area contributed by atoms with Gasteiger partial charge in [-0.1, -0.05) is 22.9 Å². The third-order valence-corrected chi connectivity index (χ3v) is 2.79. The number of rotatable bonds is 5. The zero-order valence-electron chi connectivity index (χ0n) is 9.13. The molecule has 0 aliphatic heterocycles. The minimum absolute atomic E-state index is 0.149. The van der Waals surface area contributed by atoms with Gasteiger partial charge >= 0.3 is 0 Å². The first kappa shape index (κ1) is 13.0. The third-order valence-electron chi connectivity index (χ3n) is 2.33. The molecule has 1 heterocycles. The number of carbonyl (C=O) groups is 1. The quantitative estimate of drug-likeness (QED) is 0.809. The van der Waals surface area contributed by atoms with Crippen LogP contribution in [0.25, 0.3) is 0 Å². The van der Waals surface area contributed by atoms with E-state index in [1.165, 1.54) is 18.3 Å². The highest BCUT2D eigenvalue weighted by molar-refractivity contribution is 9.09. The van der Waals surface area contributed by atoms with E-state index in [9.17, 15) is 9.59 Å². The van der Waals surface area contributed by atoms with Crippen LogP contribution in [0.2, 0.25) is 0 Å². The van der Waals surface area contributed by atoms with Crippen LogP contribution in [0.1, 0.15) is 30.1 Å². The highest BCUT2D eigenvalue weighted by atomic mass is 79.9. The van der Waals surface area contributed by atoms with Gasteiger partial charge in [0.05, 0.1) is 5.56 Å². The van der Waals surface area contributed by atoms with Gasteiger partial charge in [-0.15, -0.1) is 0 Å². The highest BCUT2D eigenvalue weighted by Crippen LogP contribution is 2.02. The predicted octanol–water partition coefficient (Wildman–Crippen LogP) is 1.67. The lowest BCUT2D eigenvalue weighted by molar-refractivity contribution is 0.0935. The van der Waals surface area contributed by atoms with Gasteiger partial charge in [0.2, 0.25) is 5.56 Å². The molecule has 1 rings (SSSR count). The van der Waals surface area contributed by atoms with E-state index in [0.717, 1.165) is 18.2 Å². The predicted molar refractivity (Wildman–Crippen MR) is 67.0 cm³/mol. The molecule has 0 radical (unpaired) electrons. The summed E-state index contributed by atoms with van der Waals surface area (Å²) in [5.74, 6) is -0.149. The second-order valence-corrected chi connectivity index (χ2v) is 4.29. The van der Waals surface area contributed by atoms with Crippen molar-refractivity contribution in [3.63, 3.8) is 0 Å². The van der Waals surface area contributed by atoms with Crippen molar-refractivity contribution >= 4 is 21.8 Å². The molecular formula is C11H15BrN2O2. The lowest BCUT2D eigenvalue weighted by Crippen LogP contribution is -2.34. The summed E-state index contributed by atoms with van der Waals surface area (Å²) >= 11 is 3.35. The van der Waals surface area contributed by atoms with Crippen LogP contribution < -0.4 is 10.9 Å². The van der Waals surface area contributed by atoms with Crippen molar-refractivity contribution < 1.29 is 4.79 Å². The summed E-state index contributed by atoms with van der Waals surface area (Å²) in [5, 5.41) is 3.77. The molecule has 1 aromatic rings. The van der Waals surface area contributed by atoms with Crippen LogP contribution in [0.15, 0.2) is 23.1 Å². The normalized spacial score (nSPS) is 12.1. The van der Waals surface area contributed by atoms with E-state index in [4.69, 9.17) is 0 Å². The van der Waals surface area contributed by atoms with Gasteiger partial charge in [0.1, 0.15) is 0 Å². The van der Waals surface area contributed by atoms with Gasteiger partial charge in [-0.05, 0) is 18.9 Å². The van der Waals surface area contributed by atoms with E-state index in [0.29, 0.717) is 5.56 Å². The first-order valence-electron chi connectivity index (χ1n) is 5.23. The molecule has 1 atom stereocenters. The maximum atomic E-state index is 11.8. The Morgan fingerprint density at radius 1 is 1.56 bits per heavy atom. The molecule has 0 aromatic carbocycles. The van der Waals surface area contributed by atoms with Crippen molar-refractivity contribution in [1.29, 1.82) is 0 Å². The van der Waals surface area contributed by atoms with Crippen LogP contribution >= 0.6 is 15.9 Å². The number of nitrogens with one attached hydrogen (secondary N) is 2. The molecule has 4 nitrogen and oxygen atoms in total. The number of hydrogen-bond acceptors (Lipinski definition) is 2. The third kappa shape index (κ3) is 3.81. The summed E-state index contributed by atoms with van der Waals surface area (Å²) in [6, 6.07) is 3.04. The Morgan fingerprint density at radius 3 is 2.81 bits per heavy atom. The molecule has 2 N–H and O–H groups in total. The topological polar surface area (TPSA) is 62.0 Å². The second-order valence-electron chi connectivity index (χ2n) is 3.50. The average molecular weight is 287 g/mol. The maximum Gasteiger partial charge on any atom is 0.252 e. The number of H-pyrrole nitrogens is 1. The summed E-state index contributed by atoms with van der Waals surface area (Å²) < 4.78 is 0. The van der Waals surface area contributed by atoms with Crippen LogP contribution in [-0.2, 0) is 0 Å². The molecule has 1 amide bonds. The van der Waals surface area contributed by atoms with Gasteiger partial charge in [-0.2, -0.15) is 0 Å². The molecule has 0 fully saturated rings. The van der Waals surface area contributed by atoms with Crippen molar-refractivity contribution in [3.8, 4) is 0 Å². The molecule has 0 aliphatic rings. The number of hydrogen-bond donors (Lipinski definition) is 2. The molecule has 5 heteroatoms. The lowest BCUT2D eigenvalue weighted by Gasteiger charge is -2.15. The number of aromatic amines is 1. The smallest absolute Gasteiger partial charge is 0.252 e. The van der Waals surface area contributed by atoms with Gasteiger partial charge in [0, 0.05) is 23.6 Å². The average Bonchev–Trinajstić information content (AvgIpc) is 2.29. The van der Waals surface area contributed by atoms with Crippen molar-refractivity contribution in [2.45, 2.75) is 25.8 Å². The van der Waals surface area contributed by atoms with Gasteiger partial charge in [0.25, 0.3) is 5.91 Å². The van der Waals surface area contributed by atoms with Gasteiger partial charge in [-0.25, -0.2) is 0 Å². The molecule has 16 heavy (non-hydrogen) atoms. The Bertz CT molecular complexity index is 383. The summed E-state index contributed by atoms with van der Waals surface area (Å²) in [7, 11) is 0. The largest absolute Gasteiger partial charge is 0.349 e. The molecule has 0 saturated carbocycles. The number of carbonyl (C=O) groups excluding carboxylic acids is 1. The van der Waals surface area contributed by atoms with Crippen molar-refractivity contribution in [3.05, 3.63) is 34.2 Å². The molecule has 0 bridgehead atoms. The van der Waals surface area contributed by atoms with Crippen LogP contribution in [0.5, 0.6) is 0 Å². The maximum absolute atomic E-state index is 11.8. The minimum Gasteiger partial charge on any atom is -0.349 e. The zero-order chi connectivity index (χ0) is 12.0. The monoisotopic (exact) mass is 286 g/mol. The molecule has 88 valence electrons. The molecule has 0 spiro atoms. The molecular weight excluding hydrogens is 272 g/mol. The Kier molecular flexibility index (Phi) is 5.25. The Morgan fingerprint density at radius 2 is 2.31 bits per heavy atom. The Balaban J connectivity index is 2.64. The van der Waals surface area contributed by atoms with E-state index in [-0.39, 0.29) is 17.5 Å². The molecule has 1 unspecified atom stereocenters. The molecule has 1 aromatic heterocycles. The summed E-state index contributed by atoms with van der Waals surface area (Å²) in [4.78, 5) is 25.1. The summed E-state index contributed by atoms with van der Waals surface area (Å²) in [6.45, 7) is 2.03. The van der Waals surface area contributed by atoms with Gasteiger partial charge in [0.15, 0.2) is 0 Å². The standard InChI is InChI=1S/C11H15BrN2O2/c1-2-9(5-6-12)14-11(16)8-3-4-10(15)13-7-8/h3-4,7,9H,2,5-6H2,1H3,(H,13,15)(H,14,16). The first-order valence-corrected chi connectivity index (χ1v) is 6.35. The molecule has 0 saturated heterocycles. The number of halogens is 1. The summed E-state index contributed by atoms with van der Waals surface area (Å²) in [6.07, 6.45) is 3.21. The number of pyridine rings is 1. The highest BCUT2D eigenvalue weighted by Gasteiger charge is 2.11. The van der Waals surface area contributed by atoms with Gasteiger partial charge in [-0.3, -0.25) is 9.59 Å². The Hall–Kier alpha value is -1.10. The van der Waals surface area contributed by atoms with Crippen LogP contribution in [-0.4, -0.2) is 22.3 Å². The Labute approximate surface area is 103 Å². The fourth-order valence-corrected chi connectivity index (χ4v) is 1.88. The van der Waals surface area contributed by atoms with E-state index in [1.807, 2.05) is 6.92 Å². The fourth-order valence-electron chi connectivity index (χ4n) is 1.33. The molecule has 0 aliphatic carbocycles. The SMILES string of the molecule is CCC(CCBr)NC(=O)c1ccc(=O)[nH]c1. The van der Waals surface area contributed by atoms with E-state index < -0.39 is 0 Å². The second kappa shape index (κ2) is 6.48. The summed E-state index contributed by atoms with van der Waals surface area (Å²) in [5.41, 5.74) is 0.275. The number of aromatic nitrogens is 1. The zero-order valence-corrected chi connectivity index (χ0v) is 10.7. The van der Waals surface area contributed by atoms with Crippen LogP contribution in [0.3, 0.4) is 0 Å².